The van der Waals surface area contributed by atoms with Crippen LogP contribution in [0.15, 0.2) is 18.2 Å². The molecule has 5 nitrogen and oxygen atoms in total. The van der Waals surface area contributed by atoms with E-state index in [-0.39, 0.29) is 17.4 Å². The van der Waals surface area contributed by atoms with Crippen LogP contribution in [0.1, 0.15) is 6.92 Å². The SMILES string of the molecule is C[C@H]1CN(c2c(F)cccc2[N+](=O)[O-])CCN1. The zero-order valence-corrected chi connectivity index (χ0v) is 9.52. The van der Waals surface area contributed by atoms with Gasteiger partial charge in [0.05, 0.1) is 4.92 Å². The van der Waals surface area contributed by atoms with Crippen LogP contribution in [-0.4, -0.2) is 30.6 Å². The van der Waals surface area contributed by atoms with E-state index in [9.17, 15) is 14.5 Å². The predicted molar refractivity (Wildman–Crippen MR) is 62.7 cm³/mol. The van der Waals surface area contributed by atoms with Gasteiger partial charge in [-0.05, 0) is 13.0 Å². The number of piperazine rings is 1. The van der Waals surface area contributed by atoms with Gasteiger partial charge in [0.25, 0.3) is 5.69 Å². The van der Waals surface area contributed by atoms with Gasteiger partial charge in [-0.15, -0.1) is 0 Å². The number of halogens is 1. The molecule has 0 amide bonds. The molecule has 1 aromatic carbocycles. The minimum absolute atomic E-state index is 0.103. The first-order valence-electron chi connectivity index (χ1n) is 5.51. The second-order valence-electron chi connectivity index (χ2n) is 4.17. The standard InChI is InChI=1S/C11H14FN3O2/c1-8-7-14(6-5-13-8)11-9(12)3-2-4-10(11)15(16)17/h2-4,8,13H,5-7H2,1H3/t8-/m0/s1. The second-order valence-corrected chi connectivity index (χ2v) is 4.17. The van der Waals surface area contributed by atoms with Crippen LogP contribution in [0.4, 0.5) is 15.8 Å². The van der Waals surface area contributed by atoms with Gasteiger partial charge < -0.3 is 10.2 Å². The van der Waals surface area contributed by atoms with Crippen molar-refractivity contribution >= 4 is 11.4 Å². The van der Waals surface area contributed by atoms with E-state index in [0.29, 0.717) is 19.6 Å². The summed E-state index contributed by atoms with van der Waals surface area (Å²) in [6, 6.07) is 4.16. The predicted octanol–water partition coefficient (Wildman–Crippen LogP) is 1.53. The normalized spacial score (nSPS) is 20.4. The van der Waals surface area contributed by atoms with Gasteiger partial charge in [-0.25, -0.2) is 4.39 Å². The Morgan fingerprint density at radius 3 is 3.00 bits per heavy atom. The molecule has 1 atom stereocenters. The number of para-hydroxylation sites is 1. The van der Waals surface area contributed by atoms with Crippen molar-refractivity contribution in [3.05, 3.63) is 34.1 Å². The Labute approximate surface area is 98.4 Å². The number of nitrogens with one attached hydrogen (secondary N) is 1. The smallest absolute Gasteiger partial charge is 0.295 e. The van der Waals surface area contributed by atoms with Crippen LogP contribution in [0.3, 0.4) is 0 Å². The number of nitro groups is 1. The van der Waals surface area contributed by atoms with Crippen molar-refractivity contribution in [2.75, 3.05) is 24.5 Å². The highest BCUT2D eigenvalue weighted by Crippen LogP contribution is 2.31. The highest BCUT2D eigenvalue weighted by molar-refractivity contribution is 5.64. The van der Waals surface area contributed by atoms with Gasteiger partial charge in [-0.2, -0.15) is 0 Å². The topological polar surface area (TPSA) is 58.4 Å². The fraction of sp³-hybridized carbons (Fsp3) is 0.455. The highest BCUT2D eigenvalue weighted by Gasteiger charge is 2.26. The van der Waals surface area contributed by atoms with Crippen molar-refractivity contribution in [2.24, 2.45) is 0 Å². The summed E-state index contributed by atoms with van der Waals surface area (Å²) in [4.78, 5) is 12.1. The largest absolute Gasteiger partial charge is 0.361 e. The Kier molecular flexibility index (Phi) is 3.23. The van der Waals surface area contributed by atoms with E-state index in [0.717, 1.165) is 0 Å². The molecule has 2 rings (SSSR count). The summed E-state index contributed by atoms with van der Waals surface area (Å²) in [6.45, 7) is 3.82. The minimum Gasteiger partial charge on any atom is -0.361 e. The molecular weight excluding hydrogens is 225 g/mol. The Balaban J connectivity index is 2.39. The summed E-state index contributed by atoms with van der Waals surface area (Å²) >= 11 is 0. The third kappa shape index (κ3) is 2.36. The molecule has 92 valence electrons. The molecule has 0 bridgehead atoms. The summed E-state index contributed by atoms with van der Waals surface area (Å²) in [5, 5.41) is 14.1. The Bertz CT molecular complexity index is 439. The van der Waals surface area contributed by atoms with E-state index in [4.69, 9.17) is 0 Å². The first-order valence-corrected chi connectivity index (χ1v) is 5.51. The van der Waals surface area contributed by atoms with E-state index >= 15 is 0 Å². The Morgan fingerprint density at radius 1 is 1.59 bits per heavy atom. The van der Waals surface area contributed by atoms with E-state index in [1.165, 1.54) is 18.2 Å². The lowest BCUT2D eigenvalue weighted by Crippen LogP contribution is -2.49. The van der Waals surface area contributed by atoms with Crippen LogP contribution in [0, 0.1) is 15.9 Å². The zero-order valence-electron chi connectivity index (χ0n) is 9.52. The van der Waals surface area contributed by atoms with Crippen molar-refractivity contribution in [2.45, 2.75) is 13.0 Å². The maximum Gasteiger partial charge on any atom is 0.295 e. The first-order chi connectivity index (χ1) is 8.09. The van der Waals surface area contributed by atoms with Crippen molar-refractivity contribution in [3.63, 3.8) is 0 Å². The van der Waals surface area contributed by atoms with Crippen LogP contribution < -0.4 is 10.2 Å². The molecule has 1 aliphatic rings. The van der Waals surface area contributed by atoms with E-state index in [1.807, 2.05) is 6.92 Å². The Hall–Kier alpha value is -1.69. The molecule has 17 heavy (non-hydrogen) atoms. The molecular formula is C11H14FN3O2. The maximum absolute atomic E-state index is 13.8. The van der Waals surface area contributed by atoms with Gasteiger partial charge in [0.1, 0.15) is 0 Å². The van der Waals surface area contributed by atoms with Crippen LogP contribution in [0.2, 0.25) is 0 Å². The number of hydrogen-bond donors (Lipinski definition) is 1. The molecule has 0 aliphatic carbocycles. The lowest BCUT2D eigenvalue weighted by Gasteiger charge is -2.33. The van der Waals surface area contributed by atoms with Crippen molar-refractivity contribution in [3.8, 4) is 0 Å². The summed E-state index contributed by atoms with van der Waals surface area (Å²) in [5.41, 5.74) is -0.0649. The number of anilines is 1. The highest BCUT2D eigenvalue weighted by atomic mass is 19.1. The molecule has 1 N–H and O–H groups in total. The average Bonchev–Trinajstić information content (AvgIpc) is 2.28. The fourth-order valence-electron chi connectivity index (χ4n) is 2.10. The number of rotatable bonds is 2. The van der Waals surface area contributed by atoms with E-state index in [2.05, 4.69) is 5.32 Å². The van der Waals surface area contributed by atoms with Gasteiger partial charge in [0.15, 0.2) is 11.5 Å². The zero-order chi connectivity index (χ0) is 12.4. The van der Waals surface area contributed by atoms with Crippen LogP contribution >= 0.6 is 0 Å². The molecule has 1 aromatic rings. The van der Waals surface area contributed by atoms with Crippen molar-refractivity contribution < 1.29 is 9.31 Å². The van der Waals surface area contributed by atoms with Gasteiger partial charge in [-0.1, -0.05) is 6.07 Å². The minimum atomic E-state index is -0.537. The number of nitro benzene ring substituents is 1. The van der Waals surface area contributed by atoms with E-state index < -0.39 is 10.7 Å². The van der Waals surface area contributed by atoms with Crippen LogP contribution in [0.5, 0.6) is 0 Å². The maximum atomic E-state index is 13.8. The molecule has 0 saturated carbocycles. The molecule has 6 heteroatoms. The molecule has 1 saturated heterocycles. The summed E-state index contributed by atoms with van der Waals surface area (Å²) in [7, 11) is 0. The third-order valence-electron chi connectivity index (χ3n) is 2.85. The summed E-state index contributed by atoms with van der Waals surface area (Å²) < 4.78 is 13.8. The number of nitrogens with zero attached hydrogens (tertiary/aromatic N) is 2. The molecule has 1 fully saturated rings. The van der Waals surface area contributed by atoms with Crippen LogP contribution in [0.25, 0.3) is 0 Å². The molecule has 1 heterocycles. The van der Waals surface area contributed by atoms with E-state index in [1.54, 1.807) is 4.90 Å². The van der Waals surface area contributed by atoms with Crippen molar-refractivity contribution in [1.29, 1.82) is 0 Å². The van der Waals surface area contributed by atoms with Crippen LogP contribution in [-0.2, 0) is 0 Å². The lowest BCUT2D eigenvalue weighted by atomic mass is 10.1. The molecule has 1 aliphatic heterocycles. The van der Waals surface area contributed by atoms with Gasteiger partial charge >= 0.3 is 0 Å². The second kappa shape index (κ2) is 4.67. The van der Waals surface area contributed by atoms with Gasteiger partial charge in [0, 0.05) is 31.7 Å². The fourth-order valence-corrected chi connectivity index (χ4v) is 2.10. The molecule has 0 aromatic heterocycles. The lowest BCUT2D eigenvalue weighted by molar-refractivity contribution is -0.384. The quantitative estimate of drug-likeness (QED) is 0.628. The van der Waals surface area contributed by atoms with Crippen molar-refractivity contribution in [1.82, 2.24) is 5.32 Å². The summed E-state index contributed by atoms with van der Waals surface area (Å²) in [5.74, 6) is -0.534. The van der Waals surface area contributed by atoms with Gasteiger partial charge in [-0.3, -0.25) is 10.1 Å². The molecule has 0 spiro atoms. The molecule has 0 unspecified atom stereocenters. The summed E-state index contributed by atoms with van der Waals surface area (Å²) in [6.07, 6.45) is 0. The number of hydrogen-bond acceptors (Lipinski definition) is 4. The molecule has 0 radical (unpaired) electrons. The average molecular weight is 239 g/mol. The first kappa shape index (κ1) is 11.8. The monoisotopic (exact) mass is 239 g/mol. The Morgan fingerprint density at radius 2 is 2.35 bits per heavy atom. The number of benzene rings is 1. The third-order valence-corrected chi connectivity index (χ3v) is 2.85. The van der Waals surface area contributed by atoms with Gasteiger partial charge in [0.2, 0.25) is 0 Å².